The Balaban J connectivity index is 1.73. The van der Waals surface area contributed by atoms with Gasteiger partial charge >= 0.3 is 0 Å². The van der Waals surface area contributed by atoms with Crippen molar-refractivity contribution in [2.45, 2.75) is 43.9 Å². The van der Waals surface area contributed by atoms with Gasteiger partial charge in [-0.3, -0.25) is 0 Å². The number of fused-ring (bicyclic) bond motifs is 1. The molecule has 0 atom stereocenters. The van der Waals surface area contributed by atoms with Crippen LogP contribution in [0, 0.1) is 17.5 Å². The van der Waals surface area contributed by atoms with Gasteiger partial charge in [-0.2, -0.15) is 0 Å². The Kier molecular flexibility index (Phi) is 4.94. The van der Waals surface area contributed by atoms with Crippen molar-refractivity contribution in [3.63, 3.8) is 0 Å². The molecule has 0 amide bonds. The van der Waals surface area contributed by atoms with Crippen molar-refractivity contribution >= 4 is 20.9 Å². The van der Waals surface area contributed by atoms with Gasteiger partial charge in [-0.25, -0.2) is 26.3 Å². The van der Waals surface area contributed by atoms with Gasteiger partial charge in [0, 0.05) is 17.5 Å². The van der Waals surface area contributed by atoms with Crippen molar-refractivity contribution in [2.24, 2.45) is 0 Å². The van der Waals surface area contributed by atoms with E-state index in [0.29, 0.717) is 29.5 Å². The van der Waals surface area contributed by atoms with Crippen LogP contribution in [0.25, 0.3) is 22.2 Å². The van der Waals surface area contributed by atoms with Crippen LogP contribution in [0.2, 0.25) is 0 Å². The number of hydrogen-bond donors (Lipinski definition) is 2. The minimum atomic E-state index is -3.39. The van der Waals surface area contributed by atoms with E-state index in [1.54, 1.807) is 26.0 Å². The van der Waals surface area contributed by atoms with Gasteiger partial charge in [0.15, 0.2) is 0 Å². The number of nitrogens with one attached hydrogen (secondary N) is 2. The normalized spacial score (nSPS) is 19.7. The van der Waals surface area contributed by atoms with Gasteiger partial charge in [0.2, 0.25) is 10.0 Å². The van der Waals surface area contributed by atoms with Crippen molar-refractivity contribution in [1.82, 2.24) is 9.71 Å². The second-order valence-electron chi connectivity index (χ2n) is 7.81. The van der Waals surface area contributed by atoms with Crippen LogP contribution in [0.15, 0.2) is 36.4 Å². The second kappa shape index (κ2) is 7.18. The first-order valence-electron chi connectivity index (χ1n) is 9.43. The van der Waals surface area contributed by atoms with Crippen LogP contribution in [0.5, 0.6) is 0 Å². The van der Waals surface area contributed by atoms with E-state index in [1.165, 1.54) is 18.2 Å². The summed E-state index contributed by atoms with van der Waals surface area (Å²) >= 11 is 0. The molecule has 8 heteroatoms. The quantitative estimate of drug-likeness (QED) is 0.619. The summed E-state index contributed by atoms with van der Waals surface area (Å²) in [6, 6.07) is 7.64. The van der Waals surface area contributed by atoms with E-state index < -0.39 is 32.7 Å². The molecule has 4 rings (SSSR count). The van der Waals surface area contributed by atoms with E-state index in [9.17, 15) is 21.6 Å². The third-order valence-electron chi connectivity index (χ3n) is 5.50. The first-order valence-corrected chi connectivity index (χ1v) is 11.0. The Hall–Kier alpha value is -2.32. The molecule has 4 nitrogen and oxygen atoms in total. The van der Waals surface area contributed by atoms with Crippen molar-refractivity contribution in [2.75, 3.05) is 0 Å². The van der Waals surface area contributed by atoms with Gasteiger partial charge in [0.1, 0.15) is 17.5 Å². The highest BCUT2D eigenvalue weighted by molar-refractivity contribution is 7.90. The van der Waals surface area contributed by atoms with Crippen LogP contribution in [0.3, 0.4) is 0 Å². The van der Waals surface area contributed by atoms with Gasteiger partial charge in [0.25, 0.3) is 0 Å². The van der Waals surface area contributed by atoms with Gasteiger partial charge < -0.3 is 4.98 Å². The van der Waals surface area contributed by atoms with Crippen molar-refractivity contribution in [3.8, 4) is 11.3 Å². The molecule has 29 heavy (non-hydrogen) atoms. The van der Waals surface area contributed by atoms with Crippen LogP contribution in [-0.4, -0.2) is 24.7 Å². The number of H-pyrrole nitrogens is 1. The molecule has 2 aromatic carbocycles. The lowest BCUT2D eigenvalue weighted by Crippen LogP contribution is -2.45. The molecule has 1 aliphatic rings. The second-order valence-corrected chi connectivity index (χ2v) is 10.1. The Morgan fingerprint density at radius 3 is 2.31 bits per heavy atom. The summed E-state index contributed by atoms with van der Waals surface area (Å²) in [4.78, 5) is 3.02. The van der Waals surface area contributed by atoms with Crippen LogP contribution in [0.1, 0.15) is 38.2 Å². The molecule has 1 fully saturated rings. The number of hydrogen-bond acceptors (Lipinski definition) is 2. The summed E-state index contributed by atoms with van der Waals surface area (Å²) in [7, 11) is -3.39. The van der Waals surface area contributed by atoms with E-state index in [2.05, 4.69) is 9.71 Å². The third kappa shape index (κ3) is 3.67. The smallest absolute Gasteiger partial charge is 0.214 e. The molecule has 1 aliphatic carbocycles. The summed E-state index contributed by atoms with van der Waals surface area (Å²) in [6.45, 7) is 3.21. The van der Waals surface area contributed by atoms with E-state index >= 15 is 0 Å². The minimum absolute atomic E-state index is 0.0788. The number of rotatable bonds is 5. The maximum Gasteiger partial charge on any atom is 0.214 e. The van der Waals surface area contributed by atoms with E-state index in [1.807, 2.05) is 0 Å². The van der Waals surface area contributed by atoms with Gasteiger partial charge in [-0.1, -0.05) is 0 Å². The zero-order valence-corrected chi connectivity index (χ0v) is 16.8. The maximum absolute atomic E-state index is 14.4. The zero-order valence-electron chi connectivity index (χ0n) is 16.0. The molecule has 0 aliphatic heterocycles. The van der Waals surface area contributed by atoms with E-state index in [4.69, 9.17) is 0 Å². The van der Waals surface area contributed by atoms with Crippen LogP contribution in [0.4, 0.5) is 13.2 Å². The maximum atomic E-state index is 14.4. The molecular weight excluding hydrogens is 401 g/mol. The minimum Gasteiger partial charge on any atom is -0.352 e. The topological polar surface area (TPSA) is 62.0 Å². The molecule has 0 saturated heterocycles. The number of aromatic nitrogens is 1. The fourth-order valence-corrected chi connectivity index (χ4v) is 4.76. The fourth-order valence-electron chi connectivity index (χ4n) is 3.83. The van der Waals surface area contributed by atoms with Crippen LogP contribution < -0.4 is 4.72 Å². The number of sulfonamides is 1. The summed E-state index contributed by atoms with van der Waals surface area (Å²) in [5, 5.41) is -0.107. The van der Waals surface area contributed by atoms with Crippen molar-refractivity contribution in [1.29, 1.82) is 0 Å². The molecule has 1 aromatic heterocycles. The molecule has 0 unspecified atom stereocenters. The Labute approximate surface area is 167 Å². The van der Waals surface area contributed by atoms with Crippen molar-refractivity contribution in [3.05, 3.63) is 59.4 Å². The lowest BCUT2D eigenvalue weighted by atomic mass is 9.74. The first kappa shape index (κ1) is 20.0. The summed E-state index contributed by atoms with van der Waals surface area (Å²) in [5.41, 5.74) is 2.17. The van der Waals surface area contributed by atoms with Gasteiger partial charge in [-0.05, 0) is 74.1 Å². The Morgan fingerprint density at radius 1 is 1.03 bits per heavy atom. The predicted molar refractivity (Wildman–Crippen MR) is 107 cm³/mol. The number of benzene rings is 2. The molecule has 1 heterocycles. The standard InChI is InChI=1S/C21H21F3N2O2S/c1-11(2)29(27,28)26-16-7-13(8-16)19-17-9-15(23)10-18(24)21(17)25-20(19)12-3-5-14(22)6-4-12/h3-6,9-11,13,16,25-26H,7-8H2,1-2H3. The van der Waals surface area contributed by atoms with Crippen LogP contribution >= 0.6 is 0 Å². The molecule has 2 N–H and O–H groups in total. The Morgan fingerprint density at radius 2 is 1.69 bits per heavy atom. The highest BCUT2D eigenvalue weighted by Gasteiger charge is 2.37. The highest BCUT2D eigenvalue weighted by Crippen LogP contribution is 2.45. The summed E-state index contributed by atoms with van der Waals surface area (Å²) in [6.07, 6.45) is 1.04. The summed E-state index contributed by atoms with van der Waals surface area (Å²) < 4.78 is 68.5. The van der Waals surface area contributed by atoms with Crippen LogP contribution in [-0.2, 0) is 10.0 Å². The molecule has 0 bridgehead atoms. The monoisotopic (exact) mass is 422 g/mol. The third-order valence-corrected chi connectivity index (χ3v) is 7.40. The molecule has 0 radical (unpaired) electrons. The lowest BCUT2D eigenvalue weighted by molar-refractivity contribution is 0.327. The molecule has 3 aromatic rings. The largest absolute Gasteiger partial charge is 0.352 e. The van der Waals surface area contributed by atoms with Gasteiger partial charge in [0.05, 0.1) is 16.5 Å². The Bertz CT molecular complexity index is 1160. The number of aromatic amines is 1. The summed E-state index contributed by atoms with van der Waals surface area (Å²) in [5.74, 6) is -1.86. The van der Waals surface area contributed by atoms with E-state index in [-0.39, 0.29) is 17.5 Å². The molecular formula is C21H21F3N2O2S. The number of halogens is 3. The lowest BCUT2D eigenvalue weighted by Gasteiger charge is -2.36. The fraction of sp³-hybridized carbons (Fsp3) is 0.333. The SMILES string of the molecule is CC(C)S(=O)(=O)NC1CC(c2c(-c3ccc(F)cc3)[nH]c3c(F)cc(F)cc23)C1. The molecule has 0 spiro atoms. The first-order chi connectivity index (χ1) is 13.7. The van der Waals surface area contributed by atoms with Gasteiger partial charge in [-0.15, -0.1) is 0 Å². The molecule has 154 valence electrons. The molecule has 1 saturated carbocycles. The average molecular weight is 422 g/mol. The van der Waals surface area contributed by atoms with E-state index in [0.717, 1.165) is 11.6 Å². The average Bonchev–Trinajstić information content (AvgIpc) is 2.97. The zero-order chi connectivity index (χ0) is 20.9. The predicted octanol–water partition coefficient (Wildman–Crippen LogP) is 4.83. The van der Waals surface area contributed by atoms with Crippen molar-refractivity contribution < 1.29 is 21.6 Å². The highest BCUT2D eigenvalue weighted by atomic mass is 32.2.